The van der Waals surface area contributed by atoms with Gasteiger partial charge in [0.05, 0.1) is 18.8 Å². The van der Waals surface area contributed by atoms with Crippen LogP contribution in [0.4, 0.5) is 13.2 Å². The SMILES string of the molecule is O=C1COc2nccnc2C2CCC(CC2)OC[C@H]2[C@@H](NS(=O)(=O)C(F)(F)F)CCCN12. The molecule has 1 saturated carbocycles. The molecule has 5 rings (SSSR count). The highest BCUT2D eigenvalue weighted by atomic mass is 32.2. The van der Waals surface area contributed by atoms with Gasteiger partial charge in [-0.15, -0.1) is 0 Å². The fourth-order valence-corrected chi connectivity index (χ4v) is 5.46. The van der Waals surface area contributed by atoms with Gasteiger partial charge >= 0.3 is 15.5 Å². The van der Waals surface area contributed by atoms with Gasteiger partial charge in [-0.3, -0.25) is 9.78 Å². The molecule has 0 spiro atoms. The molecule has 9 nitrogen and oxygen atoms in total. The summed E-state index contributed by atoms with van der Waals surface area (Å²) in [5, 5.41) is 0. The van der Waals surface area contributed by atoms with Crippen molar-refractivity contribution in [3.8, 4) is 5.88 Å². The largest absolute Gasteiger partial charge is 0.511 e. The van der Waals surface area contributed by atoms with Crippen LogP contribution in [-0.2, 0) is 19.6 Å². The van der Waals surface area contributed by atoms with Gasteiger partial charge < -0.3 is 14.4 Å². The predicted molar refractivity (Wildman–Crippen MR) is 105 cm³/mol. The summed E-state index contributed by atoms with van der Waals surface area (Å²) in [7, 11) is -5.57. The van der Waals surface area contributed by atoms with Crippen molar-refractivity contribution in [2.45, 2.75) is 68.1 Å². The molecule has 4 heterocycles. The molecule has 1 amide bonds. The topological polar surface area (TPSA) is 111 Å². The Morgan fingerprint density at radius 1 is 1.09 bits per heavy atom. The van der Waals surface area contributed by atoms with Gasteiger partial charge in [-0.25, -0.2) is 18.1 Å². The second-order valence-electron chi connectivity index (χ2n) is 8.31. The standard InChI is InChI=1S/C19H25F3N4O5S/c20-19(21,22)32(28,29)25-14-2-1-9-26-15(14)10-30-13-5-3-12(4-6-13)17-18(24-8-7-23-17)31-11-16(26)27/h7-8,12-15,25H,1-6,9-11H2/t12?,13?,14-,15-/m0/s1. The number of alkyl halides is 3. The first-order valence-corrected chi connectivity index (χ1v) is 12.1. The molecule has 3 aliphatic heterocycles. The molecule has 13 heteroatoms. The van der Waals surface area contributed by atoms with Gasteiger partial charge in [0.1, 0.15) is 5.69 Å². The van der Waals surface area contributed by atoms with Crippen LogP contribution in [0.1, 0.15) is 50.1 Å². The number of carbonyl (C=O) groups excluding carboxylic acids is 1. The highest BCUT2D eigenvalue weighted by Crippen LogP contribution is 2.37. The maximum atomic E-state index is 13.0. The molecule has 1 saturated heterocycles. The third-order valence-electron chi connectivity index (χ3n) is 6.30. The molecular formula is C19H25F3N4O5S. The number of piperidine rings is 1. The van der Waals surface area contributed by atoms with Crippen LogP contribution in [0.3, 0.4) is 0 Å². The van der Waals surface area contributed by atoms with Crippen molar-refractivity contribution in [1.29, 1.82) is 0 Å². The number of amides is 1. The van der Waals surface area contributed by atoms with Crippen molar-refractivity contribution in [3.05, 3.63) is 18.1 Å². The average molecular weight is 478 g/mol. The van der Waals surface area contributed by atoms with Gasteiger partial charge in [-0.05, 0) is 38.5 Å². The molecule has 0 aromatic carbocycles. The number of halogens is 3. The fourth-order valence-electron chi connectivity index (χ4n) is 4.65. The summed E-state index contributed by atoms with van der Waals surface area (Å²) in [6.45, 7) is -0.173. The van der Waals surface area contributed by atoms with Crippen molar-refractivity contribution in [2.75, 3.05) is 19.8 Å². The van der Waals surface area contributed by atoms with Crippen LogP contribution in [0, 0.1) is 0 Å². The Morgan fingerprint density at radius 3 is 2.53 bits per heavy atom. The summed E-state index contributed by atoms with van der Waals surface area (Å²) in [5.74, 6) is -0.0895. The summed E-state index contributed by atoms with van der Waals surface area (Å²) in [6.07, 6.45) is 6.37. The Kier molecular flexibility index (Phi) is 6.59. The van der Waals surface area contributed by atoms with Crippen LogP contribution in [0.15, 0.2) is 12.4 Å². The van der Waals surface area contributed by atoms with Crippen LogP contribution in [-0.4, -0.2) is 72.6 Å². The average Bonchev–Trinajstić information content (AvgIpc) is 2.77. The van der Waals surface area contributed by atoms with Crippen molar-refractivity contribution in [2.24, 2.45) is 0 Å². The van der Waals surface area contributed by atoms with E-state index < -0.39 is 33.5 Å². The molecule has 178 valence electrons. The molecule has 1 N–H and O–H groups in total. The summed E-state index contributed by atoms with van der Waals surface area (Å²) >= 11 is 0. The number of carbonyl (C=O) groups is 1. The molecule has 0 radical (unpaired) electrons. The minimum atomic E-state index is -5.57. The highest BCUT2D eigenvalue weighted by Gasteiger charge is 2.49. The highest BCUT2D eigenvalue weighted by molar-refractivity contribution is 7.90. The van der Waals surface area contributed by atoms with Gasteiger partial charge in [0, 0.05) is 30.9 Å². The number of ether oxygens (including phenoxy) is 2. The quantitative estimate of drug-likeness (QED) is 0.689. The van der Waals surface area contributed by atoms with E-state index in [1.165, 1.54) is 11.1 Å². The van der Waals surface area contributed by atoms with Gasteiger partial charge in [-0.1, -0.05) is 0 Å². The Labute approximate surface area is 183 Å². The smallest absolute Gasteiger partial charge is 0.466 e. The molecule has 0 unspecified atom stereocenters. The van der Waals surface area contributed by atoms with Gasteiger partial charge in [0.15, 0.2) is 6.61 Å². The first-order chi connectivity index (χ1) is 15.2. The van der Waals surface area contributed by atoms with Gasteiger partial charge in [0.2, 0.25) is 5.88 Å². The van der Waals surface area contributed by atoms with E-state index in [1.807, 2.05) is 0 Å². The first kappa shape index (κ1) is 23.2. The Bertz CT molecular complexity index is 937. The van der Waals surface area contributed by atoms with E-state index >= 15 is 0 Å². The lowest BCUT2D eigenvalue weighted by Crippen LogP contribution is -2.60. The zero-order valence-electron chi connectivity index (χ0n) is 17.3. The zero-order chi connectivity index (χ0) is 22.9. The zero-order valence-corrected chi connectivity index (χ0v) is 18.1. The second-order valence-corrected chi connectivity index (χ2v) is 10.0. The van der Waals surface area contributed by atoms with E-state index in [4.69, 9.17) is 9.47 Å². The molecule has 2 fully saturated rings. The first-order valence-electron chi connectivity index (χ1n) is 10.6. The van der Waals surface area contributed by atoms with E-state index in [9.17, 15) is 26.4 Å². The van der Waals surface area contributed by atoms with Crippen molar-refractivity contribution < 1.29 is 35.9 Å². The number of hydrogen-bond donors (Lipinski definition) is 1. The Hall–Kier alpha value is -1.99. The molecule has 1 aromatic heterocycles. The maximum Gasteiger partial charge on any atom is 0.511 e. The number of hydrogen-bond acceptors (Lipinski definition) is 7. The summed E-state index contributed by atoms with van der Waals surface area (Å²) < 4.78 is 75.8. The second kappa shape index (κ2) is 9.10. The van der Waals surface area contributed by atoms with Crippen LogP contribution >= 0.6 is 0 Å². The van der Waals surface area contributed by atoms with Crippen molar-refractivity contribution in [3.63, 3.8) is 0 Å². The summed E-state index contributed by atoms with van der Waals surface area (Å²) in [5.41, 5.74) is -4.75. The summed E-state index contributed by atoms with van der Waals surface area (Å²) in [4.78, 5) is 22.9. The van der Waals surface area contributed by atoms with Gasteiger partial charge in [0.25, 0.3) is 5.91 Å². The lowest BCUT2D eigenvalue weighted by molar-refractivity contribution is -0.140. The van der Waals surface area contributed by atoms with Gasteiger partial charge in [-0.2, -0.15) is 13.2 Å². The minimum Gasteiger partial charge on any atom is -0.466 e. The molecule has 2 bridgehead atoms. The van der Waals surface area contributed by atoms with E-state index in [2.05, 4.69) is 9.97 Å². The van der Waals surface area contributed by atoms with Crippen LogP contribution < -0.4 is 9.46 Å². The van der Waals surface area contributed by atoms with E-state index in [0.717, 1.165) is 12.8 Å². The summed E-state index contributed by atoms with van der Waals surface area (Å²) in [6, 6.07) is -2.00. The number of aromatic nitrogens is 2. The lowest BCUT2D eigenvalue weighted by Gasteiger charge is -2.42. The molecule has 4 aliphatic rings. The lowest BCUT2D eigenvalue weighted by atomic mass is 9.85. The number of nitrogens with one attached hydrogen (secondary N) is 1. The third-order valence-corrected chi connectivity index (χ3v) is 7.52. The van der Waals surface area contributed by atoms with Crippen LogP contribution in [0.2, 0.25) is 0 Å². The van der Waals surface area contributed by atoms with Crippen molar-refractivity contribution >= 4 is 15.9 Å². The number of rotatable bonds is 2. The van der Waals surface area contributed by atoms with Crippen molar-refractivity contribution in [1.82, 2.24) is 19.6 Å². The van der Waals surface area contributed by atoms with E-state index in [-0.39, 0.29) is 44.1 Å². The molecule has 1 aliphatic carbocycles. The molecule has 32 heavy (non-hydrogen) atoms. The van der Waals surface area contributed by atoms with E-state index in [1.54, 1.807) is 10.9 Å². The Balaban J connectivity index is 1.60. The minimum absolute atomic E-state index is 0.0600. The normalized spacial score (nSPS) is 29.7. The number of sulfonamides is 1. The fraction of sp³-hybridized carbons (Fsp3) is 0.737. The van der Waals surface area contributed by atoms with Crippen LogP contribution in [0.25, 0.3) is 0 Å². The maximum absolute atomic E-state index is 13.0. The van der Waals surface area contributed by atoms with E-state index in [0.29, 0.717) is 25.0 Å². The van der Waals surface area contributed by atoms with Crippen LogP contribution in [0.5, 0.6) is 5.88 Å². The molecular weight excluding hydrogens is 453 g/mol. The number of nitrogens with zero attached hydrogens (tertiary/aromatic N) is 3. The molecule has 2 atom stereocenters. The number of fused-ring (bicyclic) bond motifs is 5. The molecule has 1 aromatic rings. The predicted octanol–water partition coefficient (Wildman–Crippen LogP) is 1.71. The monoisotopic (exact) mass is 478 g/mol. The third kappa shape index (κ3) is 4.84. The Morgan fingerprint density at radius 2 is 1.81 bits per heavy atom.